The predicted molar refractivity (Wildman–Crippen MR) is 89.0 cm³/mol. The molecule has 1 aliphatic rings. The number of amides is 1. The summed E-state index contributed by atoms with van der Waals surface area (Å²) in [5.41, 5.74) is 6.06. The number of carbonyl (C=O) groups is 1. The number of nitrogens with zero attached hydrogens (tertiary/aromatic N) is 6. The van der Waals surface area contributed by atoms with E-state index in [4.69, 9.17) is 5.73 Å². The van der Waals surface area contributed by atoms with Crippen molar-refractivity contribution in [3.8, 4) is 5.95 Å². The van der Waals surface area contributed by atoms with E-state index in [-0.39, 0.29) is 17.7 Å². The molecule has 0 radical (unpaired) electrons. The number of hydrogen-bond donors (Lipinski definition) is 2. The molecule has 3 aromatic rings. The Kier molecular flexibility index (Phi) is 3.36. The Bertz CT molecular complexity index is 933. The van der Waals surface area contributed by atoms with Crippen LogP contribution in [0.25, 0.3) is 17.0 Å². The minimum atomic E-state index is -0.725. The van der Waals surface area contributed by atoms with E-state index < -0.39 is 11.5 Å². The second-order valence-electron chi connectivity index (χ2n) is 7.01. The summed E-state index contributed by atoms with van der Waals surface area (Å²) in [6.07, 6.45) is 8.02. The van der Waals surface area contributed by atoms with Crippen molar-refractivity contribution < 1.29 is 9.90 Å². The summed E-state index contributed by atoms with van der Waals surface area (Å²) in [6, 6.07) is 0.0923. The summed E-state index contributed by atoms with van der Waals surface area (Å²) in [5, 5.41) is 14.5. The van der Waals surface area contributed by atoms with E-state index in [1.807, 2.05) is 13.8 Å². The van der Waals surface area contributed by atoms with Crippen LogP contribution in [0.2, 0.25) is 0 Å². The Morgan fingerprint density at radius 3 is 2.72 bits per heavy atom. The molecule has 0 aliphatic heterocycles. The lowest BCUT2D eigenvalue weighted by atomic mass is 9.71. The quantitative estimate of drug-likeness (QED) is 0.724. The average molecular weight is 341 g/mol. The lowest BCUT2D eigenvalue weighted by Gasteiger charge is -2.42. The number of nitrogens with two attached hydrogens (primary N) is 1. The van der Waals surface area contributed by atoms with Gasteiger partial charge in [-0.05, 0) is 32.6 Å². The van der Waals surface area contributed by atoms with Crippen molar-refractivity contribution in [2.45, 2.75) is 38.3 Å². The van der Waals surface area contributed by atoms with Crippen LogP contribution in [0, 0.1) is 5.92 Å². The topological polar surface area (TPSA) is 125 Å². The zero-order chi connectivity index (χ0) is 17.8. The summed E-state index contributed by atoms with van der Waals surface area (Å²) in [7, 11) is 0. The smallest absolute Gasteiger partial charge is 0.269 e. The molecule has 1 fully saturated rings. The van der Waals surface area contributed by atoms with Gasteiger partial charge in [0.05, 0.1) is 17.8 Å². The fourth-order valence-electron chi connectivity index (χ4n) is 3.26. The lowest BCUT2D eigenvalue weighted by Crippen LogP contribution is -2.41. The monoisotopic (exact) mass is 341 g/mol. The third-order valence-electron chi connectivity index (χ3n) is 4.86. The molecule has 3 heterocycles. The minimum absolute atomic E-state index is 0.0923. The third-order valence-corrected chi connectivity index (χ3v) is 4.86. The van der Waals surface area contributed by atoms with E-state index in [0.717, 1.165) is 12.8 Å². The molecule has 0 saturated heterocycles. The van der Waals surface area contributed by atoms with E-state index in [1.54, 1.807) is 34.2 Å². The van der Waals surface area contributed by atoms with E-state index in [0.29, 0.717) is 17.0 Å². The number of carbonyl (C=O) groups excluding carboxylic acids is 1. The Morgan fingerprint density at radius 2 is 2.12 bits per heavy atom. The standard InChI is InChI=1S/C16H19N7O2/c1-16(2,25)9-5-10(6-9)23-13-11(7-19-23)20-15(21-12(13)14(17)24)22-4-3-18-8-22/h3-4,7-10,25H,5-6H2,1-2H3,(H2,17,24). The first-order valence-corrected chi connectivity index (χ1v) is 8.10. The number of aliphatic hydroxyl groups is 1. The van der Waals surface area contributed by atoms with Gasteiger partial charge in [0.25, 0.3) is 5.91 Å². The van der Waals surface area contributed by atoms with Crippen LogP contribution < -0.4 is 5.73 Å². The van der Waals surface area contributed by atoms with E-state index in [9.17, 15) is 9.90 Å². The number of primary amides is 1. The summed E-state index contributed by atoms with van der Waals surface area (Å²) in [6.45, 7) is 3.62. The molecule has 4 rings (SSSR count). The molecule has 9 nitrogen and oxygen atoms in total. The molecule has 0 spiro atoms. The van der Waals surface area contributed by atoms with Gasteiger partial charge in [0, 0.05) is 12.4 Å². The van der Waals surface area contributed by atoms with Crippen LogP contribution in [0.1, 0.15) is 43.2 Å². The Balaban J connectivity index is 1.77. The van der Waals surface area contributed by atoms with Gasteiger partial charge in [0.1, 0.15) is 17.4 Å². The van der Waals surface area contributed by atoms with Crippen LogP contribution in [0.15, 0.2) is 24.9 Å². The van der Waals surface area contributed by atoms with Crippen LogP contribution in [-0.2, 0) is 0 Å². The van der Waals surface area contributed by atoms with Crippen LogP contribution in [0.5, 0.6) is 0 Å². The number of rotatable bonds is 4. The van der Waals surface area contributed by atoms with Gasteiger partial charge in [-0.15, -0.1) is 0 Å². The highest BCUT2D eigenvalue weighted by molar-refractivity contribution is 6.02. The molecule has 130 valence electrons. The van der Waals surface area contributed by atoms with Crippen molar-refractivity contribution in [3.63, 3.8) is 0 Å². The van der Waals surface area contributed by atoms with Gasteiger partial charge in [-0.2, -0.15) is 5.10 Å². The predicted octanol–water partition coefficient (Wildman–Crippen LogP) is 0.833. The summed E-state index contributed by atoms with van der Waals surface area (Å²) in [4.78, 5) is 24.7. The van der Waals surface area contributed by atoms with Gasteiger partial charge in [-0.25, -0.2) is 15.0 Å². The Hall–Kier alpha value is -2.81. The molecular formula is C16H19N7O2. The first kappa shape index (κ1) is 15.7. The first-order chi connectivity index (χ1) is 11.8. The second kappa shape index (κ2) is 5.35. The van der Waals surface area contributed by atoms with E-state index in [1.165, 1.54) is 0 Å². The Morgan fingerprint density at radius 1 is 1.36 bits per heavy atom. The molecule has 3 aromatic heterocycles. The van der Waals surface area contributed by atoms with Crippen molar-refractivity contribution in [1.82, 2.24) is 29.3 Å². The van der Waals surface area contributed by atoms with Gasteiger partial charge < -0.3 is 10.8 Å². The highest BCUT2D eigenvalue weighted by Gasteiger charge is 2.41. The normalized spacial score (nSPS) is 20.6. The highest BCUT2D eigenvalue weighted by atomic mass is 16.3. The molecule has 1 saturated carbocycles. The van der Waals surface area contributed by atoms with Crippen LogP contribution in [0.4, 0.5) is 0 Å². The number of aromatic nitrogens is 6. The summed E-state index contributed by atoms with van der Waals surface area (Å²) < 4.78 is 3.37. The lowest BCUT2D eigenvalue weighted by molar-refractivity contribution is -0.0406. The highest BCUT2D eigenvalue weighted by Crippen LogP contribution is 2.44. The fraction of sp³-hybridized carbons (Fsp3) is 0.438. The van der Waals surface area contributed by atoms with E-state index >= 15 is 0 Å². The second-order valence-corrected chi connectivity index (χ2v) is 7.01. The van der Waals surface area contributed by atoms with Crippen molar-refractivity contribution in [2.24, 2.45) is 11.7 Å². The van der Waals surface area contributed by atoms with Gasteiger partial charge in [-0.1, -0.05) is 0 Å². The van der Waals surface area contributed by atoms with Crippen LogP contribution in [-0.4, -0.2) is 45.9 Å². The molecule has 0 unspecified atom stereocenters. The summed E-state index contributed by atoms with van der Waals surface area (Å²) >= 11 is 0. The molecule has 0 aromatic carbocycles. The number of imidazole rings is 1. The zero-order valence-corrected chi connectivity index (χ0v) is 14.0. The maximum absolute atomic E-state index is 12.0. The Labute approximate surface area is 143 Å². The molecule has 0 atom stereocenters. The van der Waals surface area contributed by atoms with Crippen molar-refractivity contribution in [2.75, 3.05) is 0 Å². The summed E-state index contributed by atoms with van der Waals surface area (Å²) in [5.74, 6) is -0.116. The molecule has 0 bridgehead atoms. The zero-order valence-electron chi connectivity index (χ0n) is 14.0. The molecule has 1 amide bonds. The van der Waals surface area contributed by atoms with Gasteiger partial charge in [0.15, 0.2) is 5.69 Å². The fourth-order valence-corrected chi connectivity index (χ4v) is 3.26. The van der Waals surface area contributed by atoms with Crippen molar-refractivity contribution >= 4 is 16.9 Å². The minimum Gasteiger partial charge on any atom is -0.390 e. The van der Waals surface area contributed by atoms with Crippen LogP contribution >= 0.6 is 0 Å². The number of fused-ring (bicyclic) bond motifs is 1. The van der Waals surface area contributed by atoms with Gasteiger partial charge in [0.2, 0.25) is 5.95 Å². The molecular weight excluding hydrogens is 322 g/mol. The average Bonchev–Trinajstić information content (AvgIpc) is 3.12. The van der Waals surface area contributed by atoms with E-state index in [2.05, 4.69) is 20.1 Å². The third kappa shape index (κ3) is 2.56. The largest absolute Gasteiger partial charge is 0.390 e. The maximum Gasteiger partial charge on any atom is 0.269 e. The number of hydrogen-bond acceptors (Lipinski definition) is 6. The van der Waals surface area contributed by atoms with Crippen molar-refractivity contribution in [3.05, 3.63) is 30.6 Å². The van der Waals surface area contributed by atoms with Crippen LogP contribution in [0.3, 0.4) is 0 Å². The maximum atomic E-state index is 12.0. The molecule has 25 heavy (non-hydrogen) atoms. The van der Waals surface area contributed by atoms with Gasteiger partial charge >= 0.3 is 0 Å². The van der Waals surface area contributed by atoms with Crippen molar-refractivity contribution in [1.29, 1.82) is 0 Å². The first-order valence-electron chi connectivity index (χ1n) is 8.10. The SMILES string of the molecule is CC(C)(O)C1CC(n2ncc3nc(-n4ccnc4)nc(C(N)=O)c32)C1. The molecule has 9 heteroatoms. The molecule has 1 aliphatic carbocycles. The molecule has 3 N–H and O–H groups in total. The van der Waals surface area contributed by atoms with Gasteiger partial charge in [-0.3, -0.25) is 14.0 Å².